The largest absolute Gasteiger partial charge is 0.341 e. The molecule has 2 N–H and O–H groups in total. The summed E-state index contributed by atoms with van der Waals surface area (Å²) in [6.07, 6.45) is 0. The first-order chi connectivity index (χ1) is 13.9. The highest BCUT2D eigenvalue weighted by atomic mass is 32.2. The molecule has 29 heavy (non-hydrogen) atoms. The lowest BCUT2D eigenvalue weighted by molar-refractivity contribution is 0.0943. The zero-order valence-electron chi connectivity index (χ0n) is 16.4. The Morgan fingerprint density at radius 1 is 0.897 bits per heavy atom. The van der Waals surface area contributed by atoms with E-state index in [1.54, 1.807) is 31.2 Å². The maximum Gasteiger partial charge on any atom is 0.252 e. The van der Waals surface area contributed by atoms with Gasteiger partial charge in [0.05, 0.1) is 11.8 Å². The van der Waals surface area contributed by atoms with E-state index in [-0.39, 0.29) is 17.7 Å². The van der Waals surface area contributed by atoms with Gasteiger partial charge in [0.2, 0.25) is 10.0 Å². The standard InChI is InChI=1S/C23H24N2O3S/c1-3-29(27,28)25-20-15-13-19(14-16-20)23(26)24-22(18-10-5-4-6-11-18)21-12-8-7-9-17(21)2/h4-16,22,25H,3H2,1-2H3,(H,24,26)/t22-/m1/s1. The van der Waals surface area contributed by atoms with Crippen molar-refractivity contribution in [2.24, 2.45) is 0 Å². The van der Waals surface area contributed by atoms with Gasteiger partial charge in [0.25, 0.3) is 5.91 Å². The Labute approximate surface area is 171 Å². The van der Waals surface area contributed by atoms with E-state index in [0.717, 1.165) is 16.7 Å². The van der Waals surface area contributed by atoms with Gasteiger partial charge in [-0.3, -0.25) is 9.52 Å². The van der Waals surface area contributed by atoms with Crippen LogP contribution in [-0.2, 0) is 10.0 Å². The number of anilines is 1. The predicted octanol–water partition coefficient (Wildman–Crippen LogP) is 4.28. The van der Waals surface area contributed by atoms with E-state index in [9.17, 15) is 13.2 Å². The van der Waals surface area contributed by atoms with Crippen LogP contribution in [0, 0.1) is 6.92 Å². The third-order valence-corrected chi connectivity index (χ3v) is 6.02. The lowest BCUT2D eigenvalue weighted by atomic mass is 9.94. The summed E-state index contributed by atoms with van der Waals surface area (Å²) in [4.78, 5) is 12.9. The average molecular weight is 409 g/mol. The van der Waals surface area contributed by atoms with Crippen LogP contribution >= 0.6 is 0 Å². The molecule has 3 aromatic carbocycles. The highest BCUT2D eigenvalue weighted by Crippen LogP contribution is 2.25. The molecule has 0 aliphatic carbocycles. The highest BCUT2D eigenvalue weighted by molar-refractivity contribution is 7.92. The molecule has 0 saturated heterocycles. The first kappa shape index (κ1) is 20.6. The molecule has 3 aromatic rings. The number of hydrogen-bond donors (Lipinski definition) is 2. The molecule has 0 aliphatic rings. The van der Waals surface area contributed by atoms with Crippen LogP contribution in [0.2, 0.25) is 0 Å². The number of sulfonamides is 1. The van der Waals surface area contributed by atoms with Crippen LogP contribution in [0.15, 0.2) is 78.9 Å². The molecule has 6 heteroatoms. The van der Waals surface area contributed by atoms with E-state index in [2.05, 4.69) is 10.0 Å². The van der Waals surface area contributed by atoms with Gasteiger partial charge in [-0.1, -0.05) is 54.6 Å². The molecule has 0 aliphatic heterocycles. The Morgan fingerprint density at radius 3 is 2.14 bits per heavy atom. The SMILES string of the molecule is CCS(=O)(=O)Nc1ccc(C(=O)N[C@H](c2ccccc2)c2ccccc2C)cc1. The molecule has 1 atom stereocenters. The van der Waals surface area contributed by atoms with Gasteiger partial charge in [-0.2, -0.15) is 0 Å². The number of hydrogen-bond acceptors (Lipinski definition) is 3. The molecule has 0 bridgehead atoms. The Balaban J connectivity index is 1.85. The van der Waals surface area contributed by atoms with Crippen molar-refractivity contribution in [1.82, 2.24) is 5.32 Å². The van der Waals surface area contributed by atoms with E-state index < -0.39 is 10.0 Å². The molecule has 0 unspecified atom stereocenters. The summed E-state index contributed by atoms with van der Waals surface area (Å²) in [7, 11) is -3.35. The van der Waals surface area contributed by atoms with Crippen LogP contribution in [-0.4, -0.2) is 20.1 Å². The van der Waals surface area contributed by atoms with Crippen LogP contribution in [0.4, 0.5) is 5.69 Å². The molecule has 0 spiro atoms. The fourth-order valence-electron chi connectivity index (χ4n) is 3.05. The number of nitrogens with one attached hydrogen (secondary N) is 2. The second-order valence-electron chi connectivity index (χ2n) is 6.76. The van der Waals surface area contributed by atoms with E-state index in [1.165, 1.54) is 0 Å². The van der Waals surface area contributed by atoms with E-state index >= 15 is 0 Å². The van der Waals surface area contributed by atoms with Crippen LogP contribution in [0.25, 0.3) is 0 Å². The van der Waals surface area contributed by atoms with Crippen molar-refractivity contribution in [3.05, 3.63) is 101 Å². The van der Waals surface area contributed by atoms with Gasteiger partial charge in [-0.15, -0.1) is 0 Å². The third kappa shape index (κ3) is 5.23. The van der Waals surface area contributed by atoms with Crippen LogP contribution in [0.3, 0.4) is 0 Å². The van der Waals surface area contributed by atoms with Crippen LogP contribution < -0.4 is 10.0 Å². The summed E-state index contributed by atoms with van der Waals surface area (Å²) in [6, 6.07) is 23.9. The second-order valence-corrected chi connectivity index (χ2v) is 8.77. The van der Waals surface area contributed by atoms with Gasteiger partial charge in [0, 0.05) is 11.3 Å². The summed E-state index contributed by atoms with van der Waals surface area (Å²) >= 11 is 0. The number of benzene rings is 3. The Morgan fingerprint density at radius 2 is 1.52 bits per heavy atom. The molecule has 1 amide bonds. The van der Waals surface area contributed by atoms with E-state index in [1.807, 2.05) is 61.5 Å². The van der Waals surface area contributed by atoms with E-state index in [4.69, 9.17) is 0 Å². The Hall–Kier alpha value is -3.12. The van der Waals surface area contributed by atoms with Crippen molar-refractivity contribution in [3.8, 4) is 0 Å². The van der Waals surface area contributed by atoms with Crippen molar-refractivity contribution in [2.75, 3.05) is 10.5 Å². The highest BCUT2D eigenvalue weighted by Gasteiger charge is 2.19. The van der Waals surface area contributed by atoms with Crippen molar-refractivity contribution < 1.29 is 13.2 Å². The van der Waals surface area contributed by atoms with Gasteiger partial charge in [0.1, 0.15) is 0 Å². The molecule has 0 heterocycles. The first-order valence-electron chi connectivity index (χ1n) is 9.41. The molecule has 0 fully saturated rings. The lowest BCUT2D eigenvalue weighted by Crippen LogP contribution is -2.29. The Bertz CT molecular complexity index is 1080. The second kappa shape index (κ2) is 8.92. The summed E-state index contributed by atoms with van der Waals surface area (Å²) in [5.74, 6) is -0.239. The molecular formula is C23H24N2O3S. The van der Waals surface area contributed by atoms with Crippen LogP contribution in [0.1, 0.15) is 40.0 Å². The minimum absolute atomic E-state index is 0.00950. The summed E-state index contributed by atoms with van der Waals surface area (Å²) in [5, 5.41) is 3.11. The fraction of sp³-hybridized carbons (Fsp3) is 0.174. The third-order valence-electron chi connectivity index (χ3n) is 4.71. The van der Waals surface area contributed by atoms with Crippen molar-refractivity contribution in [2.45, 2.75) is 19.9 Å². The maximum atomic E-state index is 12.9. The number of rotatable bonds is 7. The number of carbonyl (C=O) groups is 1. The maximum absolute atomic E-state index is 12.9. The number of aryl methyl sites for hydroxylation is 1. The summed E-state index contributed by atoms with van der Waals surface area (Å²) in [6.45, 7) is 3.59. The quantitative estimate of drug-likeness (QED) is 0.613. The zero-order chi connectivity index (χ0) is 20.9. The van der Waals surface area contributed by atoms with Gasteiger partial charge in [-0.05, 0) is 54.8 Å². The lowest BCUT2D eigenvalue weighted by Gasteiger charge is -2.22. The Kier molecular flexibility index (Phi) is 6.34. The monoisotopic (exact) mass is 408 g/mol. The fourth-order valence-corrected chi connectivity index (χ4v) is 3.69. The van der Waals surface area contributed by atoms with Gasteiger partial charge < -0.3 is 5.32 Å². The summed E-state index contributed by atoms with van der Waals surface area (Å²) in [5.41, 5.74) is 3.99. The molecule has 0 radical (unpaired) electrons. The normalized spacial score (nSPS) is 12.2. The van der Waals surface area contributed by atoms with Crippen molar-refractivity contribution in [3.63, 3.8) is 0 Å². The average Bonchev–Trinajstić information content (AvgIpc) is 2.73. The molecule has 150 valence electrons. The zero-order valence-corrected chi connectivity index (χ0v) is 17.2. The van der Waals surface area contributed by atoms with E-state index in [0.29, 0.717) is 11.3 Å². The molecule has 0 aromatic heterocycles. The molecular weight excluding hydrogens is 384 g/mol. The summed E-state index contributed by atoms with van der Waals surface area (Å²) < 4.78 is 25.9. The predicted molar refractivity (Wildman–Crippen MR) is 116 cm³/mol. The van der Waals surface area contributed by atoms with Gasteiger partial charge >= 0.3 is 0 Å². The minimum atomic E-state index is -3.35. The van der Waals surface area contributed by atoms with Crippen molar-refractivity contribution in [1.29, 1.82) is 0 Å². The first-order valence-corrected chi connectivity index (χ1v) is 11.1. The van der Waals surface area contributed by atoms with Crippen molar-refractivity contribution >= 4 is 21.6 Å². The number of carbonyl (C=O) groups excluding carboxylic acids is 1. The topological polar surface area (TPSA) is 75.3 Å². The van der Waals surface area contributed by atoms with Gasteiger partial charge in [0.15, 0.2) is 0 Å². The van der Waals surface area contributed by atoms with Crippen LogP contribution in [0.5, 0.6) is 0 Å². The van der Waals surface area contributed by atoms with Gasteiger partial charge in [-0.25, -0.2) is 8.42 Å². The smallest absolute Gasteiger partial charge is 0.252 e. The molecule has 0 saturated carbocycles. The minimum Gasteiger partial charge on any atom is -0.341 e. The molecule has 5 nitrogen and oxygen atoms in total. The number of amides is 1. The molecule has 3 rings (SSSR count).